The zero-order chi connectivity index (χ0) is 12.1. The van der Waals surface area contributed by atoms with E-state index in [1.54, 1.807) is 0 Å². The fraction of sp³-hybridized carbons (Fsp3) is 0.929. The van der Waals surface area contributed by atoms with Crippen molar-refractivity contribution in [3.63, 3.8) is 0 Å². The molecule has 17 heavy (non-hydrogen) atoms. The highest BCUT2D eigenvalue weighted by Crippen LogP contribution is 2.24. The Hall–Kier alpha value is -0.570. The maximum atomic E-state index is 12.2. The van der Waals surface area contributed by atoms with Crippen LogP contribution in [0.5, 0.6) is 0 Å². The van der Waals surface area contributed by atoms with Gasteiger partial charge in [0, 0.05) is 18.0 Å². The van der Waals surface area contributed by atoms with Gasteiger partial charge in [0.2, 0.25) is 5.91 Å². The molecule has 0 aliphatic heterocycles. The van der Waals surface area contributed by atoms with E-state index < -0.39 is 0 Å². The van der Waals surface area contributed by atoms with E-state index in [0.29, 0.717) is 6.04 Å². The molecule has 2 saturated carbocycles. The van der Waals surface area contributed by atoms with Crippen molar-refractivity contribution in [2.24, 2.45) is 11.7 Å². The van der Waals surface area contributed by atoms with E-state index in [1.165, 1.54) is 38.5 Å². The Labute approximate surface area is 105 Å². The molecule has 0 aromatic heterocycles. The van der Waals surface area contributed by atoms with E-state index in [2.05, 4.69) is 5.32 Å². The molecule has 2 unspecified atom stereocenters. The van der Waals surface area contributed by atoms with Crippen LogP contribution in [0, 0.1) is 5.92 Å². The molecule has 98 valence electrons. The van der Waals surface area contributed by atoms with Gasteiger partial charge in [0.25, 0.3) is 0 Å². The van der Waals surface area contributed by atoms with Crippen molar-refractivity contribution in [2.75, 3.05) is 0 Å². The van der Waals surface area contributed by atoms with Gasteiger partial charge in [0.1, 0.15) is 0 Å². The molecule has 2 atom stereocenters. The first-order chi connectivity index (χ1) is 8.25. The molecule has 2 aliphatic rings. The lowest BCUT2D eigenvalue weighted by Gasteiger charge is -2.27. The lowest BCUT2D eigenvalue weighted by molar-refractivity contribution is -0.126. The molecular formula is C14H26N2O. The summed E-state index contributed by atoms with van der Waals surface area (Å²) in [5, 5.41) is 3.25. The molecule has 0 radical (unpaired) electrons. The lowest BCUT2D eigenvalue weighted by Crippen LogP contribution is -2.42. The first kappa shape index (κ1) is 12.9. The van der Waals surface area contributed by atoms with E-state index in [0.717, 1.165) is 25.7 Å². The molecule has 2 fully saturated rings. The van der Waals surface area contributed by atoms with Gasteiger partial charge in [-0.1, -0.05) is 32.1 Å². The summed E-state index contributed by atoms with van der Waals surface area (Å²) >= 11 is 0. The van der Waals surface area contributed by atoms with E-state index in [9.17, 15) is 4.79 Å². The van der Waals surface area contributed by atoms with Gasteiger partial charge in [-0.05, 0) is 32.1 Å². The summed E-state index contributed by atoms with van der Waals surface area (Å²) in [6.07, 6.45) is 11.7. The molecule has 2 rings (SSSR count). The Morgan fingerprint density at radius 3 is 2.29 bits per heavy atom. The second-order valence-corrected chi connectivity index (χ2v) is 5.82. The van der Waals surface area contributed by atoms with Gasteiger partial charge in [0.15, 0.2) is 0 Å². The Morgan fingerprint density at radius 1 is 0.941 bits per heavy atom. The summed E-state index contributed by atoms with van der Waals surface area (Å²) in [7, 11) is 0. The Kier molecular flexibility index (Phi) is 4.84. The zero-order valence-electron chi connectivity index (χ0n) is 10.8. The molecule has 3 N–H and O–H groups in total. The van der Waals surface area contributed by atoms with Crippen molar-refractivity contribution in [2.45, 2.75) is 76.3 Å². The molecule has 3 heteroatoms. The monoisotopic (exact) mass is 238 g/mol. The molecule has 2 aliphatic carbocycles. The van der Waals surface area contributed by atoms with Crippen LogP contribution in [0.4, 0.5) is 0 Å². The normalized spacial score (nSPS) is 31.8. The first-order valence-corrected chi connectivity index (χ1v) is 7.31. The largest absolute Gasteiger partial charge is 0.353 e. The predicted molar refractivity (Wildman–Crippen MR) is 69.6 cm³/mol. The lowest BCUT2D eigenvalue weighted by atomic mass is 9.85. The number of nitrogens with one attached hydrogen (secondary N) is 1. The van der Waals surface area contributed by atoms with Crippen molar-refractivity contribution >= 4 is 5.91 Å². The second-order valence-electron chi connectivity index (χ2n) is 5.82. The van der Waals surface area contributed by atoms with E-state index in [1.807, 2.05) is 0 Å². The van der Waals surface area contributed by atoms with Crippen LogP contribution >= 0.6 is 0 Å². The van der Waals surface area contributed by atoms with Crippen molar-refractivity contribution in [1.82, 2.24) is 5.32 Å². The van der Waals surface area contributed by atoms with Crippen LogP contribution in [-0.2, 0) is 4.79 Å². The predicted octanol–water partition coefficient (Wildman–Crippen LogP) is 2.34. The van der Waals surface area contributed by atoms with Gasteiger partial charge in [-0.25, -0.2) is 0 Å². The number of rotatable bonds is 2. The van der Waals surface area contributed by atoms with Crippen LogP contribution in [-0.4, -0.2) is 18.0 Å². The third-order valence-electron chi connectivity index (χ3n) is 4.29. The summed E-state index contributed by atoms with van der Waals surface area (Å²) in [5.74, 6) is 0.453. The fourth-order valence-electron chi connectivity index (χ4n) is 3.21. The molecule has 0 spiro atoms. The maximum absolute atomic E-state index is 12.2. The first-order valence-electron chi connectivity index (χ1n) is 7.31. The molecule has 1 amide bonds. The van der Waals surface area contributed by atoms with Crippen molar-refractivity contribution in [1.29, 1.82) is 0 Å². The smallest absolute Gasteiger partial charge is 0.223 e. The maximum Gasteiger partial charge on any atom is 0.223 e. The average Bonchev–Trinajstić information content (AvgIpc) is 2.57. The Balaban J connectivity index is 1.78. The zero-order valence-corrected chi connectivity index (χ0v) is 10.8. The molecule has 0 saturated heterocycles. The number of carbonyl (C=O) groups is 1. The number of amides is 1. The van der Waals surface area contributed by atoms with Gasteiger partial charge in [-0.2, -0.15) is 0 Å². The molecule has 0 heterocycles. The highest BCUT2D eigenvalue weighted by molar-refractivity contribution is 5.79. The SMILES string of the molecule is NC1CCCC(C(=O)NC2CCCCCC2)C1. The molecular weight excluding hydrogens is 212 g/mol. The van der Waals surface area contributed by atoms with Gasteiger partial charge in [-0.15, -0.1) is 0 Å². The van der Waals surface area contributed by atoms with Crippen LogP contribution in [0.2, 0.25) is 0 Å². The fourth-order valence-corrected chi connectivity index (χ4v) is 3.21. The number of nitrogens with two attached hydrogens (primary N) is 1. The number of hydrogen-bond acceptors (Lipinski definition) is 2. The van der Waals surface area contributed by atoms with E-state index in [-0.39, 0.29) is 17.9 Å². The topological polar surface area (TPSA) is 55.1 Å². The highest BCUT2D eigenvalue weighted by atomic mass is 16.1. The van der Waals surface area contributed by atoms with Crippen LogP contribution < -0.4 is 11.1 Å². The van der Waals surface area contributed by atoms with Crippen LogP contribution in [0.25, 0.3) is 0 Å². The Morgan fingerprint density at radius 2 is 1.65 bits per heavy atom. The minimum atomic E-state index is 0.182. The number of carbonyl (C=O) groups excluding carboxylic acids is 1. The van der Waals surface area contributed by atoms with E-state index >= 15 is 0 Å². The third kappa shape index (κ3) is 3.98. The quantitative estimate of drug-likeness (QED) is 0.726. The standard InChI is InChI=1S/C14H26N2O/c15-12-7-5-6-11(10-12)14(17)16-13-8-3-1-2-4-9-13/h11-13H,1-10,15H2,(H,16,17). The molecule has 0 bridgehead atoms. The second kappa shape index (κ2) is 6.39. The van der Waals surface area contributed by atoms with Gasteiger partial charge in [0.05, 0.1) is 0 Å². The minimum absolute atomic E-state index is 0.182. The summed E-state index contributed by atoms with van der Waals surface area (Å²) in [4.78, 5) is 12.2. The third-order valence-corrected chi connectivity index (χ3v) is 4.29. The number of hydrogen-bond donors (Lipinski definition) is 2. The van der Waals surface area contributed by atoms with Crippen molar-refractivity contribution in [3.8, 4) is 0 Å². The summed E-state index contributed by atoms with van der Waals surface area (Å²) in [6.45, 7) is 0. The van der Waals surface area contributed by atoms with Crippen LogP contribution in [0.15, 0.2) is 0 Å². The highest BCUT2D eigenvalue weighted by Gasteiger charge is 2.26. The molecule has 3 nitrogen and oxygen atoms in total. The van der Waals surface area contributed by atoms with E-state index in [4.69, 9.17) is 5.73 Å². The Bertz CT molecular complexity index is 247. The minimum Gasteiger partial charge on any atom is -0.353 e. The molecule has 0 aromatic carbocycles. The average molecular weight is 238 g/mol. The van der Waals surface area contributed by atoms with Gasteiger partial charge in [-0.3, -0.25) is 4.79 Å². The summed E-state index contributed by atoms with van der Waals surface area (Å²) < 4.78 is 0. The van der Waals surface area contributed by atoms with Crippen LogP contribution in [0.1, 0.15) is 64.2 Å². The van der Waals surface area contributed by atoms with Gasteiger partial charge >= 0.3 is 0 Å². The summed E-state index contributed by atoms with van der Waals surface area (Å²) in [5.41, 5.74) is 5.94. The summed E-state index contributed by atoms with van der Waals surface area (Å²) in [6, 6.07) is 0.678. The van der Waals surface area contributed by atoms with Gasteiger partial charge < -0.3 is 11.1 Å². The van der Waals surface area contributed by atoms with Crippen LogP contribution in [0.3, 0.4) is 0 Å². The van der Waals surface area contributed by atoms with Crippen molar-refractivity contribution < 1.29 is 4.79 Å². The van der Waals surface area contributed by atoms with Crippen molar-refractivity contribution in [3.05, 3.63) is 0 Å². The molecule has 0 aromatic rings.